The van der Waals surface area contributed by atoms with Crippen LogP contribution in [0, 0.1) is 0 Å². The maximum Gasteiger partial charge on any atom is 0.242 e. The van der Waals surface area contributed by atoms with Gasteiger partial charge in [0.1, 0.15) is 6.04 Å². The van der Waals surface area contributed by atoms with Crippen LogP contribution in [0.4, 0.5) is 0 Å². The number of benzene rings is 2. The lowest BCUT2D eigenvalue weighted by Crippen LogP contribution is -2.53. The van der Waals surface area contributed by atoms with Gasteiger partial charge < -0.3 is 10.2 Å². The minimum atomic E-state index is -0.561. The molecule has 150 valence electrons. The highest BCUT2D eigenvalue weighted by Crippen LogP contribution is 2.14. The van der Waals surface area contributed by atoms with Crippen LogP contribution in [0.15, 0.2) is 54.6 Å². The molecule has 2 aromatic rings. The van der Waals surface area contributed by atoms with Crippen LogP contribution >= 0.6 is 11.6 Å². The summed E-state index contributed by atoms with van der Waals surface area (Å²) in [7, 11) is 0. The van der Waals surface area contributed by atoms with Gasteiger partial charge in [-0.1, -0.05) is 54.1 Å². The Hall–Kier alpha value is -2.33. The largest absolute Gasteiger partial charge is 0.350 e. The molecule has 2 rings (SSSR count). The van der Waals surface area contributed by atoms with E-state index in [1.807, 2.05) is 63.2 Å². The summed E-state index contributed by atoms with van der Waals surface area (Å²) in [4.78, 5) is 27.4. The van der Waals surface area contributed by atoms with Crippen molar-refractivity contribution in [1.82, 2.24) is 10.2 Å². The number of nitrogens with zero attached hydrogens (tertiary/aromatic N) is 1. The molecule has 0 fully saturated rings. The van der Waals surface area contributed by atoms with Crippen LogP contribution in [0.25, 0.3) is 0 Å². The van der Waals surface area contributed by atoms with Gasteiger partial charge in [-0.25, -0.2) is 0 Å². The summed E-state index contributed by atoms with van der Waals surface area (Å²) in [6, 6.07) is 16.7. The second kappa shape index (κ2) is 9.74. The van der Waals surface area contributed by atoms with Gasteiger partial charge in [0.15, 0.2) is 0 Å². The zero-order valence-corrected chi connectivity index (χ0v) is 17.8. The average molecular weight is 401 g/mol. The van der Waals surface area contributed by atoms with E-state index in [-0.39, 0.29) is 23.8 Å². The number of hydrogen-bond donors (Lipinski definition) is 1. The summed E-state index contributed by atoms with van der Waals surface area (Å²) >= 11 is 6.05. The molecule has 4 nitrogen and oxygen atoms in total. The van der Waals surface area contributed by atoms with Gasteiger partial charge in [-0.05, 0) is 57.4 Å². The van der Waals surface area contributed by atoms with Crippen LogP contribution in [-0.2, 0) is 22.4 Å². The smallest absolute Gasteiger partial charge is 0.242 e. The maximum atomic E-state index is 13.1. The van der Waals surface area contributed by atoms with Crippen LogP contribution in [0.2, 0.25) is 5.02 Å². The van der Waals surface area contributed by atoms with Crippen LogP contribution in [-0.4, -0.2) is 34.8 Å². The van der Waals surface area contributed by atoms with Crippen LogP contribution < -0.4 is 5.32 Å². The van der Waals surface area contributed by atoms with E-state index in [1.54, 1.807) is 24.0 Å². The Morgan fingerprint density at radius 2 is 1.68 bits per heavy atom. The number of halogens is 1. The van der Waals surface area contributed by atoms with Crippen molar-refractivity contribution in [1.29, 1.82) is 0 Å². The first-order chi connectivity index (χ1) is 13.2. The summed E-state index contributed by atoms with van der Waals surface area (Å²) in [5.41, 5.74) is 1.61. The number of carbonyl (C=O) groups excluding carboxylic acids is 2. The normalized spacial score (nSPS) is 12.3. The lowest BCUT2D eigenvalue weighted by molar-refractivity contribution is -0.140. The van der Waals surface area contributed by atoms with Gasteiger partial charge in [0, 0.05) is 17.1 Å². The lowest BCUT2D eigenvalue weighted by Gasteiger charge is -2.31. The molecule has 1 N–H and O–H groups in total. The van der Waals surface area contributed by atoms with Gasteiger partial charge in [-0.2, -0.15) is 0 Å². The van der Waals surface area contributed by atoms with Crippen molar-refractivity contribution >= 4 is 23.4 Å². The molecule has 0 spiro atoms. The zero-order valence-electron chi connectivity index (χ0n) is 17.0. The van der Waals surface area contributed by atoms with Crippen LogP contribution in [0.1, 0.15) is 38.8 Å². The van der Waals surface area contributed by atoms with Gasteiger partial charge in [0.2, 0.25) is 11.8 Å². The Labute approximate surface area is 172 Å². The van der Waals surface area contributed by atoms with E-state index in [2.05, 4.69) is 5.32 Å². The number of hydrogen-bond acceptors (Lipinski definition) is 2. The van der Waals surface area contributed by atoms with Crippen LogP contribution in [0.5, 0.6) is 0 Å². The predicted molar refractivity (Wildman–Crippen MR) is 114 cm³/mol. The fraction of sp³-hybridized carbons (Fsp3) is 0.391. The maximum absolute atomic E-state index is 13.1. The molecule has 2 aromatic carbocycles. The number of nitrogens with one attached hydrogen (secondary N) is 1. The Bertz CT molecular complexity index is 800. The van der Waals surface area contributed by atoms with Crippen molar-refractivity contribution in [2.75, 3.05) is 6.54 Å². The second-order valence-corrected chi connectivity index (χ2v) is 8.48. The fourth-order valence-electron chi connectivity index (χ4n) is 2.97. The number of carbonyl (C=O) groups is 2. The quantitative estimate of drug-likeness (QED) is 0.755. The minimum absolute atomic E-state index is 0.0882. The highest BCUT2D eigenvalue weighted by molar-refractivity contribution is 6.30. The molecule has 0 unspecified atom stereocenters. The minimum Gasteiger partial charge on any atom is -0.350 e. The van der Waals surface area contributed by atoms with Crippen molar-refractivity contribution in [3.05, 3.63) is 70.7 Å². The Kier molecular flexibility index (Phi) is 7.64. The third-order valence-corrected chi connectivity index (χ3v) is 4.63. The van der Waals surface area contributed by atoms with Crippen molar-refractivity contribution < 1.29 is 9.59 Å². The summed E-state index contributed by atoms with van der Waals surface area (Å²) < 4.78 is 0. The lowest BCUT2D eigenvalue weighted by atomic mass is 10.1. The first-order valence-electron chi connectivity index (χ1n) is 9.55. The van der Waals surface area contributed by atoms with E-state index in [9.17, 15) is 9.59 Å². The van der Waals surface area contributed by atoms with E-state index in [4.69, 9.17) is 11.6 Å². The molecule has 0 heterocycles. The summed E-state index contributed by atoms with van der Waals surface area (Å²) in [6.07, 6.45) is 0.901. The first kappa shape index (κ1) is 22.0. The third kappa shape index (κ3) is 7.01. The molecule has 0 aliphatic rings. The molecule has 5 heteroatoms. The van der Waals surface area contributed by atoms with Crippen LogP contribution in [0.3, 0.4) is 0 Å². The molecule has 0 saturated heterocycles. The average Bonchev–Trinajstić information content (AvgIpc) is 2.61. The molecule has 1 atom stereocenters. The van der Waals surface area contributed by atoms with Gasteiger partial charge >= 0.3 is 0 Å². The SMILES string of the molecule is C[C@H](C(=O)NC(C)(C)C)N(CCc1ccccc1)C(=O)Cc1cccc(Cl)c1. The highest BCUT2D eigenvalue weighted by atomic mass is 35.5. The highest BCUT2D eigenvalue weighted by Gasteiger charge is 2.28. The fourth-order valence-corrected chi connectivity index (χ4v) is 3.18. The zero-order chi connectivity index (χ0) is 20.7. The summed E-state index contributed by atoms with van der Waals surface area (Å²) in [5.74, 6) is -0.241. The van der Waals surface area contributed by atoms with E-state index in [0.29, 0.717) is 18.0 Å². The van der Waals surface area contributed by atoms with Crippen molar-refractivity contribution in [3.8, 4) is 0 Å². The van der Waals surface area contributed by atoms with Gasteiger partial charge in [0.05, 0.1) is 6.42 Å². The van der Waals surface area contributed by atoms with Gasteiger partial charge in [-0.3, -0.25) is 9.59 Å². The van der Waals surface area contributed by atoms with E-state index in [1.165, 1.54) is 0 Å². The van der Waals surface area contributed by atoms with Gasteiger partial charge in [0.25, 0.3) is 0 Å². The molecular weight excluding hydrogens is 372 g/mol. The molecule has 2 amide bonds. The second-order valence-electron chi connectivity index (χ2n) is 8.04. The molecule has 0 bridgehead atoms. The molecular formula is C23H29ClN2O2. The standard InChI is InChI=1S/C23H29ClN2O2/c1-17(22(28)25-23(2,3)4)26(14-13-18-9-6-5-7-10-18)21(27)16-19-11-8-12-20(24)15-19/h5-12,15,17H,13-14,16H2,1-4H3,(H,25,28)/t17-/m1/s1. The summed E-state index contributed by atoms with van der Waals surface area (Å²) in [6.45, 7) is 8.04. The van der Waals surface area contributed by atoms with Crippen molar-refractivity contribution in [2.24, 2.45) is 0 Å². The Balaban J connectivity index is 2.16. The summed E-state index contributed by atoms with van der Waals surface area (Å²) in [5, 5.41) is 3.57. The number of amides is 2. The number of rotatable bonds is 7. The van der Waals surface area contributed by atoms with E-state index < -0.39 is 6.04 Å². The molecule has 0 aliphatic heterocycles. The van der Waals surface area contributed by atoms with E-state index >= 15 is 0 Å². The Morgan fingerprint density at radius 1 is 1.04 bits per heavy atom. The monoisotopic (exact) mass is 400 g/mol. The topological polar surface area (TPSA) is 49.4 Å². The third-order valence-electron chi connectivity index (χ3n) is 4.39. The first-order valence-corrected chi connectivity index (χ1v) is 9.93. The molecule has 0 aliphatic carbocycles. The van der Waals surface area contributed by atoms with E-state index in [0.717, 1.165) is 11.1 Å². The molecule has 28 heavy (non-hydrogen) atoms. The van der Waals surface area contributed by atoms with Crippen molar-refractivity contribution in [2.45, 2.75) is 52.1 Å². The van der Waals surface area contributed by atoms with Gasteiger partial charge in [-0.15, -0.1) is 0 Å². The van der Waals surface area contributed by atoms with Crippen molar-refractivity contribution in [3.63, 3.8) is 0 Å². The molecule has 0 saturated carbocycles. The predicted octanol–water partition coefficient (Wildman–Crippen LogP) is 4.26. The molecule has 0 radical (unpaired) electrons. The Morgan fingerprint density at radius 3 is 2.29 bits per heavy atom. The molecule has 0 aromatic heterocycles.